The predicted octanol–water partition coefficient (Wildman–Crippen LogP) is 5.75. The van der Waals surface area contributed by atoms with Crippen LogP contribution in [0.1, 0.15) is 15.9 Å². The topological polar surface area (TPSA) is 79.8 Å². The smallest absolute Gasteiger partial charge is 0.340 e. The van der Waals surface area contributed by atoms with Crippen molar-refractivity contribution < 1.29 is 22.4 Å². The molecule has 0 aliphatic carbocycles. The van der Waals surface area contributed by atoms with Crippen molar-refractivity contribution in [3.63, 3.8) is 0 Å². The summed E-state index contributed by atoms with van der Waals surface area (Å²) in [6.07, 6.45) is -1.82. The molecule has 0 atom stereocenters. The predicted molar refractivity (Wildman–Crippen MR) is 112 cm³/mol. The van der Waals surface area contributed by atoms with E-state index in [1.54, 1.807) is 36.5 Å². The van der Waals surface area contributed by atoms with E-state index in [1.807, 2.05) is 0 Å². The third kappa shape index (κ3) is 4.89. The second kappa shape index (κ2) is 8.71. The van der Waals surface area contributed by atoms with Crippen LogP contribution < -0.4 is 10.6 Å². The monoisotopic (exact) mass is 459 g/mol. The summed E-state index contributed by atoms with van der Waals surface area (Å²) in [6.45, 7) is 0. The molecule has 0 aliphatic heterocycles. The Hall–Kier alpha value is -3.86. The van der Waals surface area contributed by atoms with Crippen LogP contribution in [-0.4, -0.2) is 20.9 Å². The van der Waals surface area contributed by atoms with Crippen LogP contribution >= 0.6 is 11.3 Å². The Bertz CT molecular complexity index is 1240. The van der Waals surface area contributed by atoms with Crippen LogP contribution in [-0.2, 0) is 6.18 Å². The zero-order valence-corrected chi connectivity index (χ0v) is 16.8. The van der Waals surface area contributed by atoms with E-state index in [0.29, 0.717) is 23.1 Å². The first-order chi connectivity index (χ1) is 15.3. The number of alkyl halides is 3. The molecule has 0 aliphatic rings. The summed E-state index contributed by atoms with van der Waals surface area (Å²) >= 11 is 1.03. The largest absolute Gasteiger partial charge is 0.419 e. The summed E-state index contributed by atoms with van der Waals surface area (Å²) in [5.74, 6) is -1.02. The van der Waals surface area contributed by atoms with E-state index in [0.717, 1.165) is 17.4 Å². The van der Waals surface area contributed by atoms with Gasteiger partial charge < -0.3 is 10.6 Å². The molecule has 0 spiro atoms. The molecule has 2 heterocycles. The number of carbonyl (C=O) groups excluding carboxylic acids is 1. The van der Waals surface area contributed by atoms with Crippen LogP contribution in [0.15, 0.2) is 66.4 Å². The Morgan fingerprint density at radius 1 is 1.00 bits per heavy atom. The summed E-state index contributed by atoms with van der Waals surface area (Å²) in [5, 5.41) is 7.37. The van der Waals surface area contributed by atoms with Crippen LogP contribution in [0.5, 0.6) is 0 Å². The molecule has 0 saturated heterocycles. The first-order valence-corrected chi connectivity index (χ1v) is 9.95. The van der Waals surface area contributed by atoms with Gasteiger partial charge in [0.05, 0.1) is 5.56 Å². The second-order valence-electron chi connectivity index (χ2n) is 6.48. The Kier molecular flexibility index (Phi) is 5.82. The van der Waals surface area contributed by atoms with E-state index in [-0.39, 0.29) is 16.4 Å². The van der Waals surface area contributed by atoms with Crippen LogP contribution in [0, 0.1) is 5.82 Å². The molecular formula is C21H13F4N5OS. The molecule has 2 aromatic heterocycles. The maximum atomic E-state index is 13.5. The van der Waals surface area contributed by atoms with Crippen molar-refractivity contribution in [2.24, 2.45) is 0 Å². The molecule has 11 heteroatoms. The molecule has 2 N–H and O–H groups in total. The van der Waals surface area contributed by atoms with Crippen molar-refractivity contribution in [3.8, 4) is 10.6 Å². The highest BCUT2D eigenvalue weighted by molar-refractivity contribution is 7.13. The van der Waals surface area contributed by atoms with Crippen molar-refractivity contribution in [1.29, 1.82) is 0 Å². The SMILES string of the molecule is O=C(Nc1csc(-c2ccc(F)c(C(F)(F)F)c2)n1)c1ccc(Nc2ccncn2)cc1. The van der Waals surface area contributed by atoms with Gasteiger partial charge in [0.25, 0.3) is 5.91 Å². The summed E-state index contributed by atoms with van der Waals surface area (Å²) in [5.41, 5.74) is -0.197. The van der Waals surface area contributed by atoms with E-state index in [9.17, 15) is 22.4 Å². The molecule has 4 aromatic rings. The number of halogens is 4. The van der Waals surface area contributed by atoms with Gasteiger partial charge in [-0.15, -0.1) is 11.3 Å². The molecule has 0 saturated carbocycles. The van der Waals surface area contributed by atoms with Crippen molar-refractivity contribution in [3.05, 3.63) is 83.4 Å². The van der Waals surface area contributed by atoms with Crippen molar-refractivity contribution in [2.75, 3.05) is 10.6 Å². The van der Waals surface area contributed by atoms with Gasteiger partial charge >= 0.3 is 6.18 Å². The standard InChI is InChI=1S/C21H13F4N5OS/c22-16-6-3-13(9-15(16)21(23,24)25)20-30-18(10-32-20)29-19(31)12-1-4-14(5-2-12)28-17-7-8-26-11-27-17/h1-11H,(H,29,31)(H,26,27,28). The summed E-state index contributed by atoms with van der Waals surface area (Å²) in [6, 6.07) is 10.9. The number of hydrogen-bond acceptors (Lipinski definition) is 6. The Morgan fingerprint density at radius 2 is 1.78 bits per heavy atom. The van der Waals surface area contributed by atoms with Crippen molar-refractivity contribution in [1.82, 2.24) is 15.0 Å². The minimum atomic E-state index is -4.82. The van der Waals surface area contributed by atoms with Gasteiger partial charge in [-0.3, -0.25) is 4.79 Å². The highest BCUT2D eigenvalue weighted by Crippen LogP contribution is 2.35. The van der Waals surface area contributed by atoms with E-state index >= 15 is 0 Å². The minimum Gasteiger partial charge on any atom is -0.340 e. The molecule has 0 radical (unpaired) electrons. The average molecular weight is 459 g/mol. The summed E-state index contributed by atoms with van der Waals surface area (Å²) in [4.78, 5) is 24.5. The summed E-state index contributed by atoms with van der Waals surface area (Å²) in [7, 11) is 0. The van der Waals surface area contributed by atoms with E-state index in [4.69, 9.17) is 0 Å². The van der Waals surface area contributed by atoms with E-state index in [2.05, 4.69) is 25.6 Å². The zero-order valence-electron chi connectivity index (χ0n) is 16.0. The fourth-order valence-corrected chi connectivity index (χ4v) is 3.49. The van der Waals surface area contributed by atoms with Gasteiger partial charge in [0, 0.05) is 28.4 Å². The number of amides is 1. The van der Waals surface area contributed by atoms with Crippen LogP contribution in [0.25, 0.3) is 10.6 Å². The number of nitrogens with one attached hydrogen (secondary N) is 2. The van der Waals surface area contributed by atoms with Gasteiger partial charge in [-0.1, -0.05) is 0 Å². The Balaban J connectivity index is 1.45. The lowest BCUT2D eigenvalue weighted by Crippen LogP contribution is -2.12. The van der Waals surface area contributed by atoms with Gasteiger partial charge in [0.15, 0.2) is 0 Å². The molecule has 4 rings (SSSR count). The lowest BCUT2D eigenvalue weighted by Gasteiger charge is -2.09. The van der Waals surface area contributed by atoms with E-state index in [1.165, 1.54) is 17.8 Å². The lowest BCUT2D eigenvalue weighted by atomic mass is 10.1. The molecule has 0 unspecified atom stereocenters. The number of nitrogens with zero attached hydrogens (tertiary/aromatic N) is 3. The maximum Gasteiger partial charge on any atom is 0.419 e. The maximum absolute atomic E-state index is 13.5. The molecule has 32 heavy (non-hydrogen) atoms. The number of benzene rings is 2. The fourth-order valence-electron chi connectivity index (χ4n) is 2.75. The first kappa shape index (κ1) is 21.4. The third-order valence-corrected chi connectivity index (χ3v) is 5.16. The number of carbonyl (C=O) groups is 1. The second-order valence-corrected chi connectivity index (χ2v) is 7.34. The number of rotatable bonds is 5. The average Bonchev–Trinajstić information content (AvgIpc) is 3.23. The van der Waals surface area contributed by atoms with E-state index < -0.39 is 23.5 Å². The normalized spacial score (nSPS) is 11.2. The van der Waals surface area contributed by atoms with Crippen LogP contribution in [0.3, 0.4) is 0 Å². The third-order valence-electron chi connectivity index (χ3n) is 4.27. The minimum absolute atomic E-state index is 0.101. The molecule has 162 valence electrons. The van der Waals surface area contributed by atoms with Gasteiger partial charge in [-0.25, -0.2) is 19.3 Å². The highest BCUT2D eigenvalue weighted by Gasteiger charge is 2.34. The number of thiazole rings is 1. The molecule has 2 aromatic carbocycles. The fraction of sp³-hybridized carbons (Fsp3) is 0.0476. The highest BCUT2D eigenvalue weighted by atomic mass is 32.1. The molecule has 0 fully saturated rings. The number of anilines is 3. The molecule has 6 nitrogen and oxygen atoms in total. The summed E-state index contributed by atoms with van der Waals surface area (Å²) < 4.78 is 52.3. The van der Waals surface area contributed by atoms with Crippen LogP contribution in [0.2, 0.25) is 0 Å². The molecule has 0 bridgehead atoms. The number of hydrogen-bond donors (Lipinski definition) is 2. The lowest BCUT2D eigenvalue weighted by molar-refractivity contribution is -0.139. The molecular weight excluding hydrogens is 446 g/mol. The van der Waals surface area contributed by atoms with Gasteiger partial charge in [-0.05, 0) is 48.5 Å². The molecule has 1 amide bonds. The van der Waals surface area contributed by atoms with Gasteiger partial charge in [0.1, 0.15) is 28.8 Å². The van der Waals surface area contributed by atoms with Crippen LogP contribution in [0.4, 0.5) is 34.9 Å². The van der Waals surface area contributed by atoms with Gasteiger partial charge in [0.2, 0.25) is 0 Å². The first-order valence-electron chi connectivity index (χ1n) is 9.07. The Morgan fingerprint density at radius 3 is 2.47 bits per heavy atom. The Labute approximate surface area is 183 Å². The van der Waals surface area contributed by atoms with Gasteiger partial charge in [-0.2, -0.15) is 13.2 Å². The van der Waals surface area contributed by atoms with Crippen molar-refractivity contribution in [2.45, 2.75) is 6.18 Å². The zero-order chi connectivity index (χ0) is 22.7. The van der Waals surface area contributed by atoms with Crippen molar-refractivity contribution >= 4 is 34.6 Å². The quantitative estimate of drug-likeness (QED) is 0.371. The number of aromatic nitrogens is 3.